The van der Waals surface area contributed by atoms with Gasteiger partial charge in [0.1, 0.15) is 29.5 Å². The van der Waals surface area contributed by atoms with Gasteiger partial charge in [-0.1, -0.05) is 13.8 Å². The van der Waals surface area contributed by atoms with Crippen LogP contribution in [0, 0.1) is 17.0 Å². The largest absolute Gasteiger partial charge is 0.493 e. The van der Waals surface area contributed by atoms with Crippen LogP contribution in [0.5, 0.6) is 28.7 Å². The highest BCUT2D eigenvalue weighted by atomic mass is 19.1. The van der Waals surface area contributed by atoms with E-state index in [9.17, 15) is 14.0 Å². The number of ether oxygens (including phenoxy) is 4. The van der Waals surface area contributed by atoms with Crippen molar-refractivity contribution in [3.8, 4) is 34.4 Å². The molecule has 0 unspecified atom stereocenters. The van der Waals surface area contributed by atoms with Crippen molar-refractivity contribution < 1.29 is 32.5 Å². The maximum atomic E-state index is 15.4. The molecule has 3 aromatic carbocycles. The number of hydrogen-bond acceptors (Lipinski definition) is 8. The molecule has 0 atom stereocenters. The number of fused-ring (bicyclic) bond motifs is 2. The van der Waals surface area contributed by atoms with E-state index in [2.05, 4.69) is 29.0 Å². The van der Waals surface area contributed by atoms with Crippen LogP contribution < -0.4 is 29.8 Å². The van der Waals surface area contributed by atoms with Crippen LogP contribution in [-0.2, 0) is 6.42 Å². The summed E-state index contributed by atoms with van der Waals surface area (Å²) in [5, 5.41) is 3.19. The standard InChI is InChI=1S/C37H34F2N4O6/c1-37(2)20-42(21-37)13-15-47-32-18-28-26(17-31(32)46-3)29(10-12-40-28)49-30-9-6-24(16-27(30)39)41-35(44)33-34-22(11-14-48-34)19-43(36(33)45)25-7-4-23(38)5-8-25/h4-10,12,16-19H,11,13-15,20-21H2,1-3H3,(H,41,44). The minimum atomic E-state index is -0.772. The van der Waals surface area contributed by atoms with Gasteiger partial charge in [0.2, 0.25) is 0 Å². The molecule has 5 aromatic rings. The summed E-state index contributed by atoms with van der Waals surface area (Å²) in [5.74, 6) is -0.519. The van der Waals surface area contributed by atoms with Gasteiger partial charge in [0.25, 0.3) is 11.5 Å². The molecule has 2 aliphatic heterocycles. The number of likely N-dealkylation sites (tertiary alicyclic amines) is 1. The van der Waals surface area contributed by atoms with Gasteiger partial charge in [0, 0.05) is 72.9 Å². The molecule has 1 N–H and O–H groups in total. The minimum absolute atomic E-state index is 0.0927. The number of nitrogens with zero attached hydrogens (tertiary/aromatic N) is 3. The lowest BCUT2D eigenvalue weighted by Crippen LogP contribution is -2.53. The fraction of sp³-hybridized carbons (Fsp3) is 0.270. The molecule has 12 heteroatoms. The first-order valence-electron chi connectivity index (χ1n) is 15.9. The summed E-state index contributed by atoms with van der Waals surface area (Å²) < 4.78 is 53.5. The Labute approximate surface area is 280 Å². The van der Waals surface area contributed by atoms with Gasteiger partial charge in [-0.15, -0.1) is 0 Å². The number of hydrogen-bond donors (Lipinski definition) is 1. The van der Waals surface area contributed by atoms with Crippen molar-refractivity contribution in [2.45, 2.75) is 20.3 Å². The van der Waals surface area contributed by atoms with Gasteiger partial charge in [-0.2, -0.15) is 0 Å². The molecule has 0 bridgehead atoms. The predicted molar refractivity (Wildman–Crippen MR) is 180 cm³/mol. The second-order valence-corrected chi connectivity index (χ2v) is 12.9. The molecule has 1 fully saturated rings. The molecule has 4 heterocycles. The van der Waals surface area contributed by atoms with Gasteiger partial charge in [0.15, 0.2) is 23.1 Å². The van der Waals surface area contributed by atoms with Crippen LogP contribution in [0.2, 0.25) is 0 Å². The molecule has 1 saturated heterocycles. The molecule has 0 saturated carbocycles. The van der Waals surface area contributed by atoms with Gasteiger partial charge in [-0.25, -0.2) is 8.78 Å². The van der Waals surface area contributed by atoms with E-state index >= 15 is 4.39 Å². The van der Waals surface area contributed by atoms with E-state index in [1.807, 2.05) is 0 Å². The number of benzene rings is 3. The summed E-state index contributed by atoms with van der Waals surface area (Å²) in [6.45, 7) is 8.12. The molecule has 1 amide bonds. The highest BCUT2D eigenvalue weighted by Crippen LogP contribution is 2.38. The Bertz CT molecular complexity index is 2130. The first kappa shape index (κ1) is 32.1. The predicted octanol–water partition coefficient (Wildman–Crippen LogP) is 6.37. The van der Waals surface area contributed by atoms with Crippen LogP contribution in [0.4, 0.5) is 14.5 Å². The van der Waals surface area contributed by atoms with E-state index in [4.69, 9.17) is 18.9 Å². The van der Waals surface area contributed by atoms with E-state index in [0.29, 0.717) is 64.5 Å². The first-order chi connectivity index (χ1) is 23.6. The highest BCUT2D eigenvalue weighted by molar-refractivity contribution is 6.06. The Kier molecular flexibility index (Phi) is 8.41. The van der Waals surface area contributed by atoms with Crippen LogP contribution >= 0.6 is 0 Å². The van der Waals surface area contributed by atoms with E-state index in [1.165, 1.54) is 41.0 Å². The summed E-state index contributed by atoms with van der Waals surface area (Å²) in [5.41, 5.74) is 1.17. The van der Waals surface area contributed by atoms with Crippen LogP contribution in [-0.4, -0.2) is 60.3 Å². The molecule has 2 aliphatic rings. The number of anilines is 1. The van der Waals surface area contributed by atoms with E-state index < -0.39 is 23.1 Å². The third-order valence-electron chi connectivity index (χ3n) is 8.55. The Morgan fingerprint density at radius 3 is 2.53 bits per heavy atom. The molecule has 0 radical (unpaired) electrons. The Morgan fingerprint density at radius 1 is 1.00 bits per heavy atom. The average molecular weight is 669 g/mol. The first-order valence-corrected chi connectivity index (χ1v) is 15.9. The molecule has 2 aromatic heterocycles. The van der Waals surface area contributed by atoms with Gasteiger partial charge >= 0.3 is 0 Å². The number of aromatic nitrogens is 2. The van der Waals surface area contributed by atoms with Gasteiger partial charge in [0.05, 0.1) is 19.2 Å². The van der Waals surface area contributed by atoms with Crippen LogP contribution in [0.15, 0.2) is 77.9 Å². The summed E-state index contributed by atoms with van der Waals surface area (Å²) in [7, 11) is 1.55. The summed E-state index contributed by atoms with van der Waals surface area (Å²) in [4.78, 5) is 33.7. The molecule has 10 nitrogen and oxygen atoms in total. The van der Waals surface area contributed by atoms with Crippen LogP contribution in [0.25, 0.3) is 16.6 Å². The Balaban J connectivity index is 1.09. The lowest BCUT2D eigenvalue weighted by atomic mass is 9.84. The number of carbonyl (C=O) groups excluding carboxylic acids is 1. The fourth-order valence-corrected chi connectivity index (χ4v) is 6.32. The van der Waals surface area contributed by atoms with E-state index in [0.717, 1.165) is 25.7 Å². The topological polar surface area (TPSA) is 104 Å². The van der Waals surface area contributed by atoms with Gasteiger partial charge in [-0.3, -0.25) is 24.0 Å². The number of methoxy groups -OCH3 is 1. The molecule has 0 aliphatic carbocycles. The Hall–Kier alpha value is -5.49. The molecule has 0 spiro atoms. The van der Waals surface area contributed by atoms with E-state index in [1.54, 1.807) is 37.7 Å². The van der Waals surface area contributed by atoms with Gasteiger partial charge < -0.3 is 24.3 Å². The molecular formula is C37H34F2N4O6. The minimum Gasteiger partial charge on any atom is -0.493 e. The molecule has 252 valence electrons. The SMILES string of the molecule is COc1cc2c(Oc3ccc(NC(=O)c4c5c(cn(-c6ccc(F)cc6)c4=O)CCO5)cc3F)ccnc2cc1OCCN1CC(C)(C)C1. The number of halogens is 2. The monoisotopic (exact) mass is 668 g/mol. The Morgan fingerprint density at radius 2 is 1.80 bits per heavy atom. The summed E-state index contributed by atoms with van der Waals surface area (Å²) in [6, 6.07) is 14.4. The van der Waals surface area contributed by atoms with Crippen LogP contribution in [0.1, 0.15) is 29.8 Å². The van der Waals surface area contributed by atoms with Gasteiger partial charge in [-0.05, 0) is 53.9 Å². The number of pyridine rings is 2. The van der Waals surface area contributed by atoms with Crippen molar-refractivity contribution in [1.82, 2.24) is 14.5 Å². The summed E-state index contributed by atoms with van der Waals surface area (Å²) >= 11 is 0. The van der Waals surface area contributed by atoms with Crippen molar-refractivity contribution in [3.05, 3.63) is 106 Å². The van der Waals surface area contributed by atoms with Crippen molar-refractivity contribution in [2.75, 3.05) is 45.3 Å². The third kappa shape index (κ3) is 6.51. The number of amides is 1. The number of nitrogens with one attached hydrogen (secondary N) is 1. The normalized spacial score (nSPS) is 14.9. The third-order valence-corrected chi connectivity index (χ3v) is 8.55. The molecule has 49 heavy (non-hydrogen) atoms. The van der Waals surface area contributed by atoms with Crippen molar-refractivity contribution in [3.63, 3.8) is 0 Å². The number of carbonyl (C=O) groups is 1. The zero-order valence-corrected chi connectivity index (χ0v) is 27.2. The zero-order chi connectivity index (χ0) is 34.3. The molecular weight excluding hydrogens is 634 g/mol. The quantitative estimate of drug-likeness (QED) is 0.183. The number of rotatable bonds is 10. The highest BCUT2D eigenvalue weighted by Gasteiger charge is 2.33. The average Bonchev–Trinajstić information content (AvgIpc) is 3.53. The zero-order valence-electron chi connectivity index (χ0n) is 27.2. The van der Waals surface area contributed by atoms with Crippen molar-refractivity contribution in [1.29, 1.82) is 0 Å². The second-order valence-electron chi connectivity index (χ2n) is 12.9. The fourth-order valence-electron chi connectivity index (χ4n) is 6.32. The van der Waals surface area contributed by atoms with Crippen LogP contribution in [0.3, 0.4) is 0 Å². The van der Waals surface area contributed by atoms with E-state index in [-0.39, 0.29) is 22.7 Å². The maximum Gasteiger partial charge on any atom is 0.271 e. The molecule has 7 rings (SSSR count). The second kappa shape index (κ2) is 12.8. The lowest BCUT2D eigenvalue weighted by molar-refractivity contribution is 0.0211. The van der Waals surface area contributed by atoms with Crippen molar-refractivity contribution in [2.24, 2.45) is 5.41 Å². The van der Waals surface area contributed by atoms with Crippen molar-refractivity contribution >= 4 is 22.5 Å². The lowest BCUT2D eigenvalue weighted by Gasteiger charge is -2.45. The maximum absolute atomic E-state index is 15.4. The summed E-state index contributed by atoms with van der Waals surface area (Å²) in [6.07, 6.45) is 3.63. The smallest absolute Gasteiger partial charge is 0.271 e.